The van der Waals surface area contributed by atoms with E-state index in [-0.39, 0.29) is 31.1 Å². The first-order chi connectivity index (χ1) is 28.7. The van der Waals surface area contributed by atoms with Crippen LogP contribution in [0.5, 0.6) is 0 Å². The molecule has 0 aromatic heterocycles. The molecule has 2 aromatic rings. The number of carbonyl (C=O) groups excluding carboxylic acids is 9. The minimum Gasteiger partial charge on any atom is -0.480 e. The molecule has 5 unspecified atom stereocenters. The van der Waals surface area contributed by atoms with Crippen molar-refractivity contribution in [1.82, 2.24) is 37.2 Å². The first kappa shape index (κ1) is 50.0. The summed E-state index contributed by atoms with van der Waals surface area (Å²) >= 11 is 0. The van der Waals surface area contributed by atoms with Gasteiger partial charge in [0.15, 0.2) is 0 Å². The van der Waals surface area contributed by atoms with Gasteiger partial charge in [-0.05, 0) is 29.4 Å². The van der Waals surface area contributed by atoms with Gasteiger partial charge in [0.05, 0.1) is 19.5 Å². The second kappa shape index (κ2) is 25.4. The number of nitrogens with two attached hydrogens (primary N) is 2. The van der Waals surface area contributed by atoms with Crippen LogP contribution in [0.4, 0.5) is 0 Å². The molecule has 0 saturated carbocycles. The molecule has 2 aromatic carbocycles. The highest BCUT2D eigenvalue weighted by Crippen LogP contribution is 2.11. The van der Waals surface area contributed by atoms with Crippen molar-refractivity contribution in [1.29, 1.82) is 0 Å². The largest absolute Gasteiger partial charge is 0.480 e. The molecule has 0 saturated heterocycles. The second-order valence-electron chi connectivity index (χ2n) is 14.8. The molecular formula is C41H55N9O11. The van der Waals surface area contributed by atoms with Crippen molar-refractivity contribution in [3.63, 3.8) is 0 Å². The number of rotatable bonds is 25. The predicted molar refractivity (Wildman–Crippen MR) is 220 cm³/mol. The number of aliphatic carboxylic acids is 1. The van der Waals surface area contributed by atoms with Crippen molar-refractivity contribution in [2.75, 3.05) is 13.1 Å². The van der Waals surface area contributed by atoms with Crippen LogP contribution in [0.2, 0.25) is 0 Å². The summed E-state index contributed by atoms with van der Waals surface area (Å²) < 4.78 is 0. The molecule has 0 aliphatic carbocycles. The molecule has 0 radical (unpaired) electrons. The minimum atomic E-state index is -1.63. The Morgan fingerprint density at radius 1 is 0.574 bits per heavy atom. The lowest BCUT2D eigenvalue weighted by Crippen LogP contribution is -2.59. The summed E-state index contributed by atoms with van der Waals surface area (Å²) in [5, 5.41) is 26.2. The van der Waals surface area contributed by atoms with E-state index in [0.29, 0.717) is 17.2 Å². The maximum Gasteiger partial charge on any atom is 0.326 e. The first-order valence-corrected chi connectivity index (χ1v) is 19.4. The standard InChI is InChI=1S/C41H55N9O11/c1-23(2)17-27(40(59)50-36(24(3)4)37(43)56)48-38(57)28(18-25-11-7-5-8-12-25)49-39(58)29(20-31(42)51)46-33(53)16-15-32(52)44-21-34(54)45-22-35(55)47-30(41(60)61)19-26-13-9-6-10-14-26/h5-16,23-24,27-30,36H,17-22H2,1-4H3,(H2,42,51)(H2,43,56)(H,44,52)(H,45,54)(H,46,53)(H,47,55)(H,48,57)(H,49,58)(H,50,59)(H,60,61). The Labute approximate surface area is 352 Å². The SMILES string of the molecule is CC(C)CC(NC(=O)C(Cc1ccccc1)NC(=O)C(CC(N)=O)NC(=O)C=CC(=O)NCC(=O)NCC(=O)NC(Cc1ccccc1)C(=O)O)C(=O)NC(C(N)=O)C(C)C. The molecule has 0 bridgehead atoms. The lowest BCUT2D eigenvalue weighted by Gasteiger charge is -2.27. The average molecular weight is 850 g/mol. The fraction of sp³-hybridized carbons (Fsp3) is 0.415. The van der Waals surface area contributed by atoms with Crippen LogP contribution in [0.1, 0.15) is 51.7 Å². The van der Waals surface area contributed by atoms with Crippen LogP contribution in [0.25, 0.3) is 0 Å². The summed E-state index contributed by atoms with van der Waals surface area (Å²) in [5.41, 5.74) is 12.1. The topological polar surface area (TPSA) is 327 Å². The predicted octanol–water partition coefficient (Wildman–Crippen LogP) is -2.17. The number of amides is 9. The van der Waals surface area contributed by atoms with Crippen molar-refractivity contribution in [2.45, 2.75) is 83.6 Å². The molecule has 0 aliphatic heterocycles. The quantitative estimate of drug-likeness (QED) is 0.0480. The number of hydrogen-bond acceptors (Lipinski definition) is 10. The van der Waals surface area contributed by atoms with Crippen molar-refractivity contribution in [2.24, 2.45) is 23.3 Å². The third-order valence-electron chi connectivity index (χ3n) is 8.74. The highest BCUT2D eigenvalue weighted by atomic mass is 16.4. The van der Waals surface area contributed by atoms with Crippen LogP contribution in [0.15, 0.2) is 72.8 Å². The number of nitrogens with one attached hydrogen (secondary N) is 7. The second-order valence-corrected chi connectivity index (χ2v) is 14.8. The van der Waals surface area contributed by atoms with Crippen LogP contribution in [0, 0.1) is 11.8 Å². The molecule has 2 rings (SSSR count). The van der Waals surface area contributed by atoms with Crippen LogP contribution in [-0.4, -0.2) is 108 Å². The van der Waals surface area contributed by atoms with Gasteiger partial charge in [0.1, 0.15) is 30.2 Å². The summed E-state index contributed by atoms with van der Waals surface area (Å²) in [6, 6.07) is 10.7. The molecule has 5 atom stereocenters. The van der Waals surface area contributed by atoms with Crippen LogP contribution in [-0.2, 0) is 60.8 Å². The molecule has 0 fully saturated rings. The Bertz CT molecular complexity index is 1910. The maximum atomic E-state index is 13.8. The summed E-state index contributed by atoms with van der Waals surface area (Å²) in [7, 11) is 0. The number of carboxylic acids is 1. The number of carboxylic acid groups (broad SMARTS) is 1. The number of carbonyl (C=O) groups is 10. The van der Waals surface area contributed by atoms with E-state index in [1.165, 1.54) is 0 Å². The van der Waals surface area contributed by atoms with E-state index in [2.05, 4.69) is 37.2 Å². The van der Waals surface area contributed by atoms with Gasteiger partial charge in [0.25, 0.3) is 0 Å². The third-order valence-corrected chi connectivity index (χ3v) is 8.74. The van der Waals surface area contributed by atoms with Gasteiger partial charge in [0.2, 0.25) is 53.2 Å². The Hall–Kier alpha value is -7.12. The molecule has 20 nitrogen and oxygen atoms in total. The van der Waals surface area contributed by atoms with Gasteiger partial charge in [-0.1, -0.05) is 88.4 Å². The van der Waals surface area contributed by atoms with E-state index in [1.54, 1.807) is 74.5 Å². The summed E-state index contributed by atoms with van der Waals surface area (Å²) in [6.07, 6.45) is 0.792. The monoisotopic (exact) mass is 849 g/mol. The van der Waals surface area contributed by atoms with Crippen molar-refractivity contribution in [3.05, 3.63) is 83.9 Å². The molecule has 0 spiro atoms. The zero-order valence-electron chi connectivity index (χ0n) is 34.4. The van der Waals surface area contributed by atoms with Gasteiger partial charge in [-0.15, -0.1) is 0 Å². The lowest BCUT2D eigenvalue weighted by molar-refractivity contribution is -0.141. The zero-order chi connectivity index (χ0) is 45.6. The van der Waals surface area contributed by atoms with Gasteiger partial charge < -0.3 is 53.8 Å². The fourth-order valence-corrected chi connectivity index (χ4v) is 5.67. The van der Waals surface area contributed by atoms with E-state index in [9.17, 15) is 53.1 Å². The molecule has 330 valence electrons. The Morgan fingerprint density at radius 3 is 1.57 bits per heavy atom. The first-order valence-electron chi connectivity index (χ1n) is 19.4. The molecular weight excluding hydrogens is 795 g/mol. The molecule has 61 heavy (non-hydrogen) atoms. The van der Waals surface area contributed by atoms with Gasteiger partial charge in [-0.3, -0.25) is 43.2 Å². The van der Waals surface area contributed by atoms with Gasteiger partial charge in [-0.2, -0.15) is 0 Å². The Kier molecular flexibility index (Phi) is 20.8. The van der Waals surface area contributed by atoms with Gasteiger partial charge in [-0.25, -0.2) is 4.79 Å². The van der Waals surface area contributed by atoms with Crippen LogP contribution < -0.4 is 48.7 Å². The van der Waals surface area contributed by atoms with Gasteiger partial charge in [0, 0.05) is 25.0 Å². The number of primary amides is 2. The van der Waals surface area contributed by atoms with E-state index < -0.39 is 109 Å². The highest BCUT2D eigenvalue weighted by molar-refractivity contribution is 6.01. The maximum absolute atomic E-state index is 13.8. The third kappa shape index (κ3) is 19.5. The fourth-order valence-electron chi connectivity index (χ4n) is 5.67. The van der Waals surface area contributed by atoms with Crippen molar-refractivity contribution in [3.8, 4) is 0 Å². The van der Waals surface area contributed by atoms with E-state index in [0.717, 1.165) is 6.08 Å². The molecule has 12 N–H and O–H groups in total. The lowest BCUT2D eigenvalue weighted by atomic mass is 9.99. The number of hydrogen-bond donors (Lipinski definition) is 10. The van der Waals surface area contributed by atoms with Crippen LogP contribution in [0.3, 0.4) is 0 Å². The molecule has 9 amide bonds. The normalized spacial score (nSPS) is 13.4. The smallest absolute Gasteiger partial charge is 0.326 e. The molecule has 0 aliphatic rings. The summed E-state index contributed by atoms with van der Waals surface area (Å²) in [4.78, 5) is 126. The minimum absolute atomic E-state index is 0.00674. The Morgan fingerprint density at radius 2 is 1.07 bits per heavy atom. The van der Waals surface area contributed by atoms with Gasteiger partial charge >= 0.3 is 5.97 Å². The number of benzene rings is 2. The highest BCUT2D eigenvalue weighted by Gasteiger charge is 2.32. The Balaban J connectivity index is 2.07. The molecule has 0 heterocycles. The summed E-state index contributed by atoms with van der Waals surface area (Å²) in [5.74, 6) is -9.54. The van der Waals surface area contributed by atoms with Crippen molar-refractivity contribution >= 4 is 59.1 Å². The zero-order valence-corrected chi connectivity index (χ0v) is 34.4. The van der Waals surface area contributed by atoms with E-state index in [4.69, 9.17) is 11.5 Å². The van der Waals surface area contributed by atoms with E-state index >= 15 is 0 Å². The van der Waals surface area contributed by atoms with E-state index in [1.807, 2.05) is 13.8 Å². The summed E-state index contributed by atoms with van der Waals surface area (Å²) in [6.45, 7) is 5.78. The molecule has 20 heteroatoms. The van der Waals surface area contributed by atoms with Crippen LogP contribution >= 0.6 is 0 Å². The van der Waals surface area contributed by atoms with Crippen molar-refractivity contribution < 1.29 is 53.1 Å². The average Bonchev–Trinajstić information content (AvgIpc) is 3.19.